The van der Waals surface area contributed by atoms with E-state index in [1.165, 1.54) is 12.8 Å². The van der Waals surface area contributed by atoms with Crippen molar-refractivity contribution in [3.63, 3.8) is 0 Å². The van der Waals surface area contributed by atoms with Gasteiger partial charge in [0.25, 0.3) is 0 Å². The van der Waals surface area contributed by atoms with Crippen molar-refractivity contribution >= 4 is 5.91 Å². The molecule has 4 aliphatic carbocycles. The predicted molar refractivity (Wildman–Crippen MR) is 88.4 cm³/mol. The minimum Gasteiger partial charge on any atom is -0.390 e. The van der Waals surface area contributed by atoms with Gasteiger partial charge in [-0.1, -0.05) is 33.6 Å². The van der Waals surface area contributed by atoms with Gasteiger partial charge in [0.1, 0.15) is 0 Å². The largest absolute Gasteiger partial charge is 0.390 e. The zero-order chi connectivity index (χ0) is 16.0. The van der Waals surface area contributed by atoms with Crippen LogP contribution in [0.4, 0.5) is 0 Å². The lowest BCUT2D eigenvalue weighted by atomic mass is 9.52. The van der Waals surface area contributed by atoms with Crippen molar-refractivity contribution in [3.05, 3.63) is 0 Å². The molecular weight excluding hydrogens is 274 g/mol. The fourth-order valence-electron chi connectivity index (χ4n) is 5.56. The molecule has 1 amide bonds. The molecule has 0 aromatic heterocycles. The fourth-order valence-corrected chi connectivity index (χ4v) is 5.56. The third-order valence-electron chi connectivity index (χ3n) is 6.95. The maximum atomic E-state index is 12.9. The molecule has 4 aliphatic rings. The zero-order valence-corrected chi connectivity index (χ0v) is 14.5. The van der Waals surface area contributed by atoms with Gasteiger partial charge in [0, 0.05) is 11.5 Å². The predicted octanol–water partition coefficient (Wildman–Crippen LogP) is 3.65. The van der Waals surface area contributed by atoms with E-state index >= 15 is 0 Å². The highest BCUT2D eigenvalue weighted by Crippen LogP contribution is 2.55. The molecule has 22 heavy (non-hydrogen) atoms. The van der Waals surface area contributed by atoms with Crippen molar-refractivity contribution in [2.75, 3.05) is 0 Å². The van der Waals surface area contributed by atoms with Crippen LogP contribution in [-0.2, 0) is 4.79 Å². The lowest BCUT2D eigenvalue weighted by Gasteiger charge is -2.58. The van der Waals surface area contributed by atoms with Crippen LogP contribution in [0.1, 0.15) is 78.6 Å². The summed E-state index contributed by atoms with van der Waals surface area (Å²) in [5.74, 6) is 1.97. The Morgan fingerprint density at radius 2 is 1.86 bits per heavy atom. The summed E-state index contributed by atoms with van der Waals surface area (Å²) in [6.07, 6.45) is 9.40. The molecule has 3 heteroatoms. The second kappa shape index (κ2) is 5.81. The maximum absolute atomic E-state index is 12.9. The van der Waals surface area contributed by atoms with Crippen LogP contribution in [0.2, 0.25) is 0 Å². The van der Waals surface area contributed by atoms with E-state index < -0.39 is 5.60 Å². The highest BCUT2D eigenvalue weighted by Gasteiger charge is 2.55. The van der Waals surface area contributed by atoms with E-state index in [-0.39, 0.29) is 11.3 Å². The molecule has 0 spiro atoms. The Labute approximate surface area is 135 Å². The monoisotopic (exact) mass is 307 g/mol. The van der Waals surface area contributed by atoms with Crippen LogP contribution in [0.5, 0.6) is 0 Å². The molecule has 3 atom stereocenters. The first-order valence-electron chi connectivity index (χ1n) is 9.42. The molecule has 0 radical (unpaired) electrons. The number of nitrogens with one attached hydrogen (secondary N) is 1. The van der Waals surface area contributed by atoms with Gasteiger partial charge in [-0.3, -0.25) is 4.79 Å². The smallest absolute Gasteiger partial charge is 0.226 e. The molecule has 4 bridgehead atoms. The molecule has 0 saturated heterocycles. The molecule has 3 unspecified atom stereocenters. The van der Waals surface area contributed by atoms with Crippen molar-refractivity contribution in [1.29, 1.82) is 0 Å². The minimum absolute atomic E-state index is 0.221. The summed E-state index contributed by atoms with van der Waals surface area (Å²) in [6.45, 7) is 6.45. The van der Waals surface area contributed by atoms with Crippen LogP contribution in [0.15, 0.2) is 0 Å². The molecule has 4 rings (SSSR count). The molecule has 0 heterocycles. The minimum atomic E-state index is -0.409. The van der Waals surface area contributed by atoms with Gasteiger partial charge in [0.05, 0.1) is 5.60 Å². The lowest BCUT2D eigenvalue weighted by Crippen LogP contribution is -2.62. The van der Waals surface area contributed by atoms with Crippen LogP contribution >= 0.6 is 0 Å². The Kier molecular flexibility index (Phi) is 4.30. The summed E-state index contributed by atoms with van der Waals surface area (Å²) >= 11 is 0. The first-order valence-corrected chi connectivity index (χ1v) is 9.42. The first-order chi connectivity index (χ1) is 10.4. The van der Waals surface area contributed by atoms with Crippen LogP contribution in [-0.4, -0.2) is 22.7 Å². The lowest BCUT2D eigenvalue weighted by molar-refractivity contribution is -0.151. The summed E-state index contributed by atoms with van der Waals surface area (Å²) in [5.41, 5.74) is -0.629. The molecule has 3 nitrogen and oxygen atoms in total. The van der Waals surface area contributed by atoms with Crippen LogP contribution in [0.25, 0.3) is 0 Å². The van der Waals surface area contributed by atoms with Gasteiger partial charge in [0.2, 0.25) is 5.91 Å². The van der Waals surface area contributed by atoms with E-state index in [1.54, 1.807) is 0 Å². The standard InChI is InChI=1S/C19H33NO2/c1-4-6-7-18(3,5-2)17(21)20-16-14-8-13-9-15(16)12-19(22,10-13)11-14/h13-16,22H,4-12H2,1-3H3,(H,20,21). The van der Waals surface area contributed by atoms with E-state index in [2.05, 4.69) is 26.1 Å². The number of carbonyl (C=O) groups is 1. The maximum Gasteiger partial charge on any atom is 0.226 e. The van der Waals surface area contributed by atoms with Crippen molar-refractivity contribution in [1.82, 2.24) is 5.32 Å². The van der Waals surface area contributed by atoms with Crippen molar-refractivity contribution in [2.45, 2.75) is 90.2 Å². The summed E-state index contributed by atoms with van der Waals surface area (Å²) in [6, 6.07) is 0.317. The molecule has 0 aliphatic heterocycles. The fraction of sp³-hybridized carbons (Fsp3) is 0.947. The summed E-state index contributed by atoms with van der Waals surface area (Å²) in [7, 11) is 0. The summed E-state index contributed by atoms with van der Waals surface area (Å²) in [5, 5.41) is 14.1. The van der Waals surface area contributed by atoms with Gasteiger partial charge >= 0.3 is 0 Å². The van der Waals surface area contributed by atoms with Crippen molar-refractivity contribution in [3.8, 4) is 0 Å². The average Bonchev–Trinajstić information content (AvgIpc) is 2.46. The van der Waals surface area contributed by atoms with E-state index in [4.69, 9.17) is 0 Å². The third kappa shape index (κ3) is 2.81. The number of hydrogen-bond acceptors (Lipinski definition) is 2. The second-order valence-corrected chi connectivity index (χ2v) is 8.71. The Balaban J connectivity index is 1.67. The van der Waals surface area contributed by atoms with E-state index in [9.17, 15) is 9.90 Å². The number of carbonyl (C=O) groups excluding carboxylic acids is 1. The first kappa shape index (κ1) is 16.3. The second-order valence-electron chi connectivity index (χ2n) is 8.71. The third-order valence-corrected chi connectivity index (χ3v) is 6.95. The van der Waals surface area contributed by atoms with E-state index in [0.29, 0.717) is 23.8 Å². The van der Waals surface area contributed by atoms with Gasteiger partial charge in [-0.15, -0.1) is 0 Å². The van der Waals surface area contributed by atoms with Crippen molar-refractivity contribution in [2.24, 2.45) is 23.2 Å². The summed E-state index contributed by atoms with van der Waals surface area (Å²) < 4.78 is 0. The van der Waals surface area contributed by atoms with E-state index in [0.717, 1.165) is 44.9 Å². The number of hydrogen-bond donors (Lipinski definition) is 2. The Morgan fingerprint density at radius 3 is 2.36 bits per heavy atom. The van der Waals surface area contributed by atoms with Crippen LogP contribution in [0.3, 0.4) is 0 Å². The quantitative estimate of drug-likeness (QED) is 0.787. The molecule has 126 valence electrons. The van der Waals surface area contributed by atoms with Gasteiger partial charge in [-0.25, -0.2) is 0 Å². The van der Waals surface area contributed by atoms with Gasteiger partial charge < -0.3 is 10.4 Å². The van der Waals surface area contributed by atoms with E-state index in [1.807, 2.05) is 0 Å². The number of amides is 1. The number of rotatable bonds is 6. The van der Waals surface area contributed by atoms with Crippen LogP contribution < -0.4 is 5.32 Å². The Bertz CT molecular complexity index is 419. The topological polar surface area (TPSA) is 49.3 Å². The van der Waals surface area contributed by atoms with Gasteiger partial charge in [0.15, 0.2) is 0 Å². The van der Waals surface area contributed by atoms with Gasteiger partial charge in [-0.2, -0.15) is 0 Å². The molecule has 0 aromatic rings. The van der Waals surface area contributed by atoms with Crippen molar-refractivity contribution < 1.29 is 9.90 Å². The highest BCUT2D eigenvalue weighted by atomic mass is 16.3. The van der Waals surface area contributed by atoms with Gasteiger partial charge in [-0.05, 0) is 62.7 Å². The molecule has 4 saturated carbocycles. The Hall–Kier alpha value is -0.570. The average molecular weight is 307 g/mol. The molecule has 2 N–H and O–H groups in total. The molecule has 4 fully saturated rings. The van der Waals surface area contributed by atoms with Crippen LogP contribution in [0, 0.1) is 23.2 Å². The summed E-state index contributed by atoms with van der Waals surface area (Å²) in [4.78, 5) is 12.9. The Morgan fingerprint density at radius 1 is 1.23 bits per heavy atom. The molecular formula is C19H33NO2. The highest BCUT2D eigenvalue weighted by molar-refractivity contribution is 5.82. The zero-order valence-electron chi connectivity index (χ0n) is 14.5. The number of unbranched alkanes of at least 4 members (excludes halogenated alkanes) is 1. The molecule has 0 aromatic carbocycles. The number of aliphatic hydroxyl groups is 1. The SMILES string of the molecule is CCCCC(C)(CC)C(=O)NC1C2CC3CC1CC(O)(C3)C2. The normalized spacial score (nSPS) is 42.2.